The van der Waals surface area contributed by atoms with Gasteiger partial charge in [-0.05, 0) is 18.8 Å². The molecular weight excluding hydrogens is 138 g/mol. The summed E-state index contributed by atoms with van der Waals surface area (Å²) in [5, 5.41) is 2.98. The predicted molar refractivity (Wildman–Crippen MR) is 45.2 cm³/mol. The van der Waals surface area contributed by atoms with Crippen molar-refractivity contribution in [3.05, 3.63) is 0 Å². The summed E-state index contributed by atoms with van der Waals surface area (Å²) in [6, 6.07) is 0.520. The summed E-state index contributed by atoms with van der Waals surface area (Å²) in [6.45, 7) is 4.24. The van der Waals surface area contributed by atoms with Gasteiger partial charge in [0.15, 0.2) is 0 Å². The zero-order valence-corrected chi connectivity index (χ0v) is 7.39. The van der Waals surface area contributed by atoms with Crippen LogP contribution in [0.3, 0.4) is 0 Å². The van der Waals surface area contributed by atoms with Crippen LogP contribution in [-0.2, 0) is 4.79 Å². The Morgan fingerprint density at radius 2 is 2.27 bits per heavy atom. The molecule has 64 valence electrons. The van der Waals surface area contributed by atoms with Gasteiger partial charge in [-0.15, -0.1) is 0 Å². The fourth-order valence-electron chi connectivity index (χ4n) is 0.975. The first kappa shape index (κ1) is 8.57. The molecule has 1 atom stereocenters. The highest BCUT2D eigenvalue weighted by Gasteiger charge is 2.23. The van der Waals surface area contributed by atoms with Gasteiger partial charge < -0.3 is 5.32 Å². The lowest BCUT2D eigenvalue weighted by Crippen LogP contribution is -2.26. The molecule has 0 radical (unpaired) electrons. The second-order valence-corrected chi connectivity index (χ2v) is 3.56. The normalized spacial score (nSPS) is 19.5. The molecule has 0 heterocycles. The number of amides is 1. The van der Waals surface area contributed by atoms with E-state index in [1.165, 1.54) is 12.8 Å². The molecule has 1 rings (SSSR count). The van der Waals surface area contributed by atoms with Crippen LogP contribution in [0.2, 0.25) is 0 Å². The minimum absolute atomic E-state index is 0.238. The Labute approximate surface area is 68.4 Å². The quantitative estimate of drug-likeness (QED) is 0.657. The molecule has 1 aliphatic rings. The van der Waals surface area contributed by atoms with E-state index in [0.717, 1.165) is 6.42 Å². The van der Waals surface area contributed by atoms with Crippen LogP contribution in [0, 0.1) is 5.92 Å². The van der Waals surface area contributed by atoms with Gasteiger partial charge in [-0.3, -0.25) is 4.79 Å². The molecule has 0 aromatic rings. The number of rotatable bonds is 4. The van der Waals surface area contributed by atoms with Crippen molar-refractivity contribution in [3.8, 4) is 0 Å². The van der Waals surface area contributed by atoms with E-state index in [4.69, 9.17) is 0 Å². The molecule has 1 fully saturated rings. The highest BCUT2D eigenvalue weighted by atomic mass is 16.1. The molecule has 0 aliphatic heterocycles. The smallest absolute Gasteiger partial charge is 0.220 e. The summed E-state index contributed by atoms with van der Waals surface area (Å²) in [5.74, 6) is 0.774. The molecule has 2 heteroatoms. The Morgan fingerprint density at radius 3 is 2.73 bits per heavy atom. The lowest BCUT2D eigenvalue weighted by Gasteiger charge is -2.07. The van der Waals surface area contributed by atoms with Crippen LogP contribution in [0.5, 0.6) is 0 Å². The number of carbonyl (C=O) groups excluding carboxylic acids is 1. The van der Waals surface area contributed by atoms with Crippen LogP contribution in [-0.4, -0.2) is 11.9 Å². The Balaban J connectivity index is 2.08. The average molecular weight is 155 g/mol. The van der Waals surface area contributed by atoms with Crippen LogP contribution in [0.4, 0.5) is 0 Å². The van der Waals surface area contributed by atoms with Crippen LogP contribution in [0.1, 0.15) is 39.5 Å². The summed E-state index contributed by atoms with van der Waals surface area (Å²) in [5.41, 5.74) is 0. The van der Waals surface area contributed by atoms with Gasteiger partial charge in [0.1, 0.15) is 0 Å². The molecule has 0 aromatic heterocycles. The topological polar surface area (TPSA) is 29.1 Å². The fraction of sp³-hybridized carbons (Fsp3) is 0.889. The minimum atomic E-state index is 0.238. The summed E-state index contributed by atoms with van der Waals surface area (Å²) in [4.78, 5) is 11.2. The van der Waals surface area contributed by atoms with Crippen LogP contribution >= 0.6 is 0 Å². The number of hydrogen-bond donors (Lipinski definition) is 1. The summed E-state index contributed by atoms with van der Waals surface area (Å²) >= 11 is 0. The van der Waals surface area contributed by atoms with Gasteiger partial charge in [-0.2, -0.15) is 0 Å². The van der Waals surface area contributed by atoms with Crippen molar-refractivity contribution in [1.82, 2.24) is 5.32 Å². The standard InChI is InChI=1S/C9H17NO/c1-3-7(2)6-9(11)10-8-4-5-8/h7-8H,3-6H2,1-2H3,(H,10,11). The maximum absolute atomic E-state index is 11.2. The highest BCUT2D eigenvalue weighted by Crippen LogP contribution is 2.19. The molecule has 1 unspecified atom stereocenters. The first-order valence-electron chi connectivity index (χ1n) is 4.51. The fourth-order valence-corrected chi connectivity index (χ4v) is 0.975. The van der Waals surface area contributed by atoms with Gasteiger partial charge >= 0.3 is 0 Å². The highest BCUT2D eigenvalue weighted by molar-refractivity contribution is 5.76. The van der Waals surface area contributed by atoms with Gasteiger partial charge in [0.25, 0.3) is 0 Å². The molecular formula is C9H17NO. The van der Waals surface area contributed by atoms with Crippen molar-refractivity contribution in [3.63, 3.8) is 0 Å². The summed E-state index contributed by atoms with van der Waals surface area (Å²) in [7, 11) is 0. The van der Waals surface area contributed by atoms with Gasteiger partial charge in [0.05, 0.1) is 0 Å². The third-order valence-corrected chi connectivity index (χ3v) is 2.17. The van der Waals surface area contributed by atoms with Crippen molar-refractivity contribution < 1.29 is 4.79 Å². The van der Waals surface area contributed by atoms with Gasteiger partial charge in [0, 0.05) is 12.5 Å². The number of carbonyl (C=O) groups is 1. The zero-order chi connectivity index (χ0) is 8.27. The van der Waals surface area contributed by atoms with E-state index in [9.17, 15) is 4.79 Å². The Bertz CT molecular complexity index is 140. The first-order chi connectivity index (χ1) is 5.22. The van der Waals surface area contributed by atoms with E-state index >= 15 is 0 Å². The molecule has 1 saturated carbocycles. The lowest BCUT2D eigenvalue weighted by molar-refractivity contribution is -0.122. The zero-order valence-electron chi connectivity index (χ0n) is 7.39. The van der Waals surface area contributed by atoms with Crippen LogP contribution in [0.25, 0.3) is 0 Å². The average Bonchev–Trinajstić information content (AvgIpc) is 2.71. The first-order valence-corrected chi connectivity index (χ1v) is 4.51. The van der Waals surface area contributed by atoms with Gasteiger partial charge in [-0.1, -0.05) is 20.3 Å². The van der Waals surface area contributed by atoms with Crippen LogP contribution in [0.15, 0.2) is 0 Å². The van der Waals surface area contributed by atoms with Gasteiger partial charge in [0.2, 0.25) is 5.91 Å². The Hall–Kier alpha value is -0.530. The second-order valence-electron chi connectivity index (χ2n) is 3.56. The maximum Gasteiger partial charge on any atom is 0.220 e. The Kier molecular flexibility index (Phi) is 2.92. The maximum atomic E-state index is 11.2. The van der Waals surface area contributed by atoms with Crippen molar-refractivity contribution in [1.29, 1.82) is 0 Å². The number of hydrogen-bond acceptors (Lipinski definition) is 1. The van der Waals surface area contributed by atoms with Crippen LogP contribution < -0.4 is 5.32 Å². The molecule has 0 spiro atoms. The molecule has 0 bridgehead atoms. The van der Waals surface area contributed by atoms with Gasteiger partial charge in [-0.25, -0.2) is 0 Å². The van der Waals surface area contributed by atoms with E-state index in [1.54, 1.807) is 0 Å². The minimum Gasteiger partial charge on any atom is -0.353 e. The van der Waals surface area contributed by atoms with Crippen molar-refractivity contribution in [2.45, 2.75) is 45.6 Å². The molecule has 11 heavy (non-hydrogen) atoms. The van der Waals surface area contributed by atoms with E-state index in [0.29, 0.717) is 18.4 Å². The second kappa shape index (κ2) is 3.74. The van der Waals surface area contributed by atoms with Crippen molar-refractivity contribution >= 4 is 5.91 Å². The molecule has 2 nitrogen and oxygen atoms in total. The van der Waals surface area contributed by atoms with Crippen molar-refractivity contribution in [2.75, 3.05) is 0 Å². The van der Waals surface area contributed by atoms with E-state index in [-0.39, 0.29) is 5.91 Å². The largest absolute Gasteiger partial charge is 0.353 e. The lowest BCUT2D eigenvalue weighted by atomic mass is 10.1. The predicted octanol–water partition coefficient (Wildman–Crippen LogP) is 1.70. The molecule has 1 N–H and O–H groups in total. The molecule has 1 amide bonds. The summed E-state index contributed by atoms with van der Waals surface area (Å²) in [6.07, 6.45) is 4.17. The molecule has 0 aromatic carbocycles. The number of nitrogens with one attached hydrogen (secondary N) is 1. The van der Waals surface area contributed by atoms with Crippen molar-refractivity contribution in [2.24, 2.45) is 5.92 Å². The van der Waals surface area contributed by atoms with E-state index in [1.807, 2.05) is 0 Å². The third-order valence-electron chi connectivity index (χ3n) is 2.17. The molecule has 1 aliphatic carbocycles. The van der Waals surface area contributed by atoms with E-state index in [2.05, 4.69) is 19.2 Å². The summed E-state index contributed by atoms with van der Waals surface area (Å²) < 4.78 is 0. The SMILES string of the molecule is CCC(C)CC(=O)NC1CC1. The molecule has 0 saturated heterocycles. The van der Waals surface area contributed by atoms with E-state index < -0.39 is 0 Å². The Morgan fingerprint density at radius 1 is 1.64 bits per heavy atom. The monoisotopic (exact) mass is 155 g/mol. The third kappa shape index (κ3) is 3.40.